The number of carbonyl (C=O) groups excluding carboxylic acids is 2. The molecule has 1 aliphatic heterocycles. The maximum absolute atomic E-state index is 12.9. The van der Waals surface area contributed by atoms with Gasteiger partial charge in [0.05, 0.1) is 8.95 Å². The quantitative estimate of drug-likeness (QED) is 0.324. The lowest BCUT2D eigenvalue weighted by Gasteiger charge is -2.28. The lowest BCUT2D eigenvalue weighted by atomic mass is 9.94. The maximum Gasteiger partial charge on any atom is 0.329 e. The molecule has 162 valence electrons. The van der Waals surface area contributed by atoms with Gasteiger partial charge in [0.15, 0.2) is 0 Å². The summed E-state index contributed by atoms with van der Waals surface area (Å²) in [6.45, 7) is 0.322. The first-order chi connectivity index (χ1) is 14.9. The second-order valence-corrected chi connectivity index (χ2v) is 9.76. The van der Waals surface area contributed by atoms with E-state index in [0.717, 1.165) is 52.2 Å². The standard InChI is InChI=1S/C23H21Br2ClN2O3/c24-17-10-14(11-18(25)21(17)31-13-15-6-4-5-9-19(15)26)12-20-22(29)28(23(30)27-20)16-7-2-1-3-8-16/h4-6,9-12,16H,1-3,7-8,13H2,(H,27,30)/b20-12-. The number of benzene rings is 2. The molecule has 2 fully saturated rings. The Balaban J connectivity index is 1.51. The van der Waals surface area contributed by atoms with Crippen molar-refractivity contribution >= 4 is 61.5 Å². The number of urea groups is 1. The molecule has 4 rings (SSSR count). The molecule has 0 aromatic heterocycles. The average Bonchev–Trinajstić information content (AvgIpc) is 3.02. The van der Waals surface area contributed by atoms with E-state index in [1.807, 2.05) is 36.4 Å². The minimum absolute atomic E-state index is 0.00814. The molecule has 2 aromatic rings. The van der Waals surface area contributed by atoms with E-state index in [0.29, 0.717) is 23.1 Å². The van der Waals surface area contributed by atoms with Crippen LogP contribution in [-0.4, -0.2) is 22.9 Å². The molecule has 5 nitrogen and oxygen atoms in total. The Morgan fingerprint density at radius 3 is 2.45 bits per heavy atom. The maximum atomic E-state index is 12.9. The second kappa shape index (κ2) is 9.76. The van der Waals surface area contributed by atoms with Gasteiger partial charge in [-0.2, -0.15) is 0 Å². The predicted molar refractivity (Wildman–Crippen MR) is 128 cm³/mol. The van der Waals surface area contributed by atoms with Crippen LogP contribution in [0.25, 0.3) is 6.08 Å². The Kier molecular flexibility index (Phi) is 7.04. The molecule has 31 heavy (non-hydrogen) atoms. The number of ether oxygens (including phenoxy) is 1. The van der Waals surface area contributed by atoms with Gasteiger partial charge in [0.25, 0.3) is 5.91 Å². The molecule has 0 radical (unpaired) electrons. The van der Waals surface area contributed by atoms with E-state index in [1.165, 1.54) is 4.90 Å². The van der Waals surface area contributed by atoms with E-state index in [2.05, 4.69) is 37.2 Å². The van der Waals surface area contributed by atoms with Crippen LogP contribution in [0.15, 0.2) is 51.0 Å². The number of carbonyl (C=O) groups is 2. The number of amides is 3. The lowest BCUT2D eigenvalue weighted by Crippen LogP contribution is -2.41. The van der Waals surface area contributed by atoms with E-state index in [-0.39, 0.29) is 18.0 Å². The molecule has 0 bridgehead atoms. The molecule has 2 aliphatic rings. The molecule has 1 saturated carbocycles. The topological polar surface area (TPSA) is 58.6 Å². The summed E-state index contributed by atoms with van der Waals surface area (Å²) in [5.41, 5.74) is 1.94. The molecule has 0 atom stereocenters. The number of nitrogens with zero attached hydrogens (tertiary/aromatic N) is 1. The Labute approximate surface area is 203 Å². The minimum Gasteiger partial charge on any atom is -0.486 e. The Hall–Kier alpha value is -1.83. The van der Waals surface area contributed by atoms with Crippen LogP contribution >= 0.6 is 43.5 Å². The van der Waals surface area contributed by atoms with E-state index in [9.17, 15) is 9.59 Å². The van der Waals surface area contributed by atoms with Gasteiger partial charge in [0, 0.05) is 16.6 Å². The molecular weight excluding hydrogens is 548 g/mol. The van der Waals surface area contributed by atoms with Gasteiger partial charge < -0.3 is 10.1 Å². The minimum atomic E-state index is -0.332. The number of hydrogen-bond donors (Lipinski definition) is 1. The van der Waals surface area contributed by atoms with E-state index >= 15 is 0 Å². The molecule has 2 aromatic carbocycles. The Morgan fingerprint density at radius 2 is 1.77 bits per heavy atom. The van der Waals surface area contributed by atoms with Crippen molar-refractivity contribution in [3.63, 3.8) is 0 Å². The van der Waals surface area contributed by atoms with Crippen LogP contribution in [0.4, 0.5) is 4.79 Å². The third kappa shape index (κ3) is 4.99. The van der Waals surface area contributed by atoms with Crippen molar-refractivity contribution in [2.24, 2.45) is 0 Å². The molecule has 8 heteroatoms. The summed E-state index contributed by atoms with van der Waals surface area (Å²) in [6, 6.07) is 10.9. The number of hydrogen-bond acceptors (Lipinski definition) is 3. The van der Waals surface area contributed by atoms with E-state index < -0.39 is 0 Å². The summed E-state index contributed by atoms with van der Waals surface area (Å²) in [7, 11) is 0. The smallest absolute Gasteiger partial charge is 0.329 e. The van der Waals surface area contributed by atoms with Crippen molar-refractivity contribution < 1.29 is 14.3 Å². The third-order valence-electron chi connectivity index (χ3n) is 5.51. The van der Waals surface area contributed by atoms with Gasteiger partial charge in [-0.05, 0) is 74.5 Å². The van der Waals surface area contributed by atoms with Crippen LogP contribution in [0.1, 0.15) is 43.2 Å². The first-order valence-electron chi connectivity index (χ1n) is 10.2. The zero-order valence-electron chi connectivity index (χ0n) is 16.7. The molecule has 1 aliphatic carbocycles. The van der Waals surface area contributed by atoms with Crippen LogP contribution in [0.5, 0.6) is 5.75 Å². The van der Waals surface area contributed by atoms with Gasteiger partial charge in [-0.3, -0.25) is 9.69 Å². The number of halogens is 3. The summed E-state index contributed by atoms with van der Waals surface area (Å²) in [4.78, 5) is 26.7. The van der Waals surface area contributed by atoms with Crippen molar-refractivity contribution in [1.82, 2.24) is 10.2 Å². The van der Waals surface area contributed by atoms with E-state index in [4.69, 9.17) is 16.3 Å². The highest BCUT2D eigenvalue weighted by atomic mass is 79.9. The molecule has 0 unspecified atom stereocenters. The van der Waals surface area contributed by atoms with Crippen LogP contribution in [0.3, 0.4) is 0 Å². The monoisotopic (exact) mass is 566 g/mol. The zero-order valence-corrected chi connectivity index (χ0v) is 20.6. The third-order valence-corrected chi connectivity index (χ3v) is 7.06. The van der Waals surface area contributed by atoms with Gasteiger partial charge in [0.1, 0.15) is 18.1 Å². The summed E-state index contributed by atoms with van der Waals surface area (Å²) in [5, 5.41) is 3.38. The molecule has 1 N–H and O–H groups in total. The summed E-state index contributed by atoms with van der Waals surface area (Å²) < 4.78 is 7.40. The summed E-state index contributed by atoms with van der Waals surface area (Å²) in [6.07, 6.45) is 6.71. The van der Waals surface area contributed by atoms with Gasteiger partial charge in [-0.1, -0.05) is 49.1 Å². The molecule has 0 spiro atoms. The fourth-order valence-electron chi connectivity index (χ4n) is 3.95. The zero-order chi connectivity index (χ0) is 22.0. The second-order valence-electron chi connectivity index (χ2n) is 7.65. The fraction of sp³-hybridized carbons (Fsp3) is 0.304. The van der Waals surface area contributed by atoms with Gasteiger partial charge >= 0.3 is 6.03 Å². The van der Waals surface area contributed by atoms with Crippen LogP contribution < -0.4 is 10.1 Å². The lowest BCUT2D eigenvalue weighted by molar-refractivity contribution is -0.124. The normalized spacial score (nSPS) is 18.5. The van der Waals surface area contributed by atoms with Gasteiger partial charge in [-0.15, -0.1) is 0 Å². The first kappa shape index (κ1) is 22.4. The van der Waals surface area contributed by atoms with Crippen molar-refractivity contribution in [1.29, 1.82) is 0 Å². The Morgan fingerprint density at radius 1 is 1.10 bits per heavy atom. The highest BCUT2D eigenvalue weighted by Crippen LogP contribution is 2.36. The van der Waals surface area contributed by atoms with Crippen molar-refractivity contribution in [3.8, 4) is 5.75 Å². The highest BCUT2D eigenvalue weighted by molar-refractivity contribution is 9.11. The number of rotatable bonds is 5. The molecule has 1 heterocycles. The SMILES string of the molecule is O=C1N/C(=C\c2cc(Br)c(OCc3ccccc3Cl)c(Br)c2)C(=O)N1C1CCCCC1. The largest absolute Gasteiger partial charge is 0.486 e. The summed E-state index contributed by atoms with van der Waals surface area (Å²) in [5.74, 6) is 0.371. The van der Waals surface area contributed by atoms with Crippen molar-refractivity contribution in [3.05, 3.63) is 67.2 Å². The number of nitrogens with one attached hydrogen (secondary N) is 1. The first-order valence-corrected chi connectivity index (χ1v) is 12.1. The van der Waals surface area contributed by atoms with Crippen molar-refractivity contribution in [2.45, 2.75) is 44.8 Å². The average molecular weight is 569 g/mol. The molecular formula is C23H21Br2ClN2O3. The highest BCUT2D eigenvalue weighted by Gasteiger charge is 2.38. The van der Waals surface area contributed by atoms with Gasteiger partial charge in [-0.25, -0.2) is 4.79 Å². The summed E-state index contributed by atoms with van der Waals surface area (Å²) >= 11 is 13.3. The van der Waals surface area contributed by atoms with Crippen LogP contribution in [-0.2, 0) is 11.4 Å². The number of imide groups is 1. The van der Waals surface area contributed by atoms with E-state index in [1.54, 1.807) is 6.08 Å². The van der Waals surface area contributed by atoms with Crippen LogP contribution in [0.2, 0.25) is 5.02 Å². The van der Waals surface area contributed by atoms with Gasteiger partial charge in [0.2, 0.25) is 0 Å². The fourth-order valence-corrected chi connectivity index (χ4v) is 5.59. The molecule has 1 saturated heterocycles. The predicted octanol–water partition coefficient (Wildman–Crippen LogP) is 6.67. The Bertz CT molecular complexity index is 1030. The van der Waals surface area contributed by atoms with Crippen molar-refractivity contribution in [2.75, 3.05) is 0 Å². The molecule has 3 amide bonds. The van der Waals surface area contributed by atoms with Crippen LogP contribution in [0, 0.1) is 0 Å².